The summed E-state index contributed by atoms with van der Waals surface area (Å²) in [7, 11) is 0. The molecule has 1 fully saturated rings. The van der Waals surface area contributed by atoms with Gasteiger partial charge in [0.2, 0.25) is 0 Å². The van der Waals surface area contributed by atoms with E-state index >= 15 is 0 Å². The maximum atomic E-state index is 11.7. The van der Waals surface area contributed by atoms with Crippen LogP contribution in [-0.4, -0.2) is 11.6 Å². The second-order valence-corrected chi connectivity index (χ2v) is 4.83. The zero-order valence-electron chi connectivity index (χ0n) is 8.70. The molecule has 0 aromatic heterocycles. The Morgan fingerprint density at radius 2 is 1.56 bits per heavy atom. The summed E-state index contributed by atoms with van der Waals surface area (Å²) < 4.78 is 0.785. The van der Waals surface area contributed by atoms with Crippen molar-refractivity contribution in [3.8, 4) is 0 Å². The number of benzene rings is 1. The van der Waals surface area contributed by atoms with E-state index in [2.05, 4.69) is 22.6 Å². The second-order valence-electron chi connectivity index (χ2n) is 3.75. The first-order valence-corrected chi connectivity index (χ1v) is 6.29. The van der Waals surface area contributed by atoms with Crippen molar-refractivity contribution >= 4 is 37.7 Å². The highest BCUT2D eigenvalue weighted by Gasteiger charge is 2.26. The Balaban J connectivity index is 2.47. The van der Waals surface area contributed by atoms with Crippen molar-refractivity contribution in [2.45, 2.75) is 19.3 Å². The standard InChI is InChI=1S/C13H11IO2/c14-13(9-5-2-1-3-6-9)12-10(15)7-4-8-11(12)16/h1-3,5-6H,4,7-8H2. The lowest BCUT2D eigenvalue weighted by molar-refractivity contribution is -0.123. The average molecular weight is 326 g/mol. The molecule has 0 bridgehead atoms. The summed E-state index contributed by atoms with van der Waals surface area (Å²) in [4.78, 5) is 23.5. The first-order chi connectivity index (χ1) is 7.70. The monoisotopic (exact) mass is 326 g/mol. The fraction of sp³-hybridized carbons (Fsp3) is 0.231. The molecule has 0 atom stereocenters. The van der Waals surface area contributed by atoms with Gasteiger partial charge in [0.1, 0.15) is 0 Å². The lowest BCUT2D eigenvalue weighted by atomic mass is 9.91. The molecular formula is C13H11IO2. The molecule has 0 saturated heterocycles. The van der Waals surface area contributed by atoms with Gasteiger partial charge in [-0.3, -0.25) is 9.59 Å². The third kappa shape index (κ3) is 2.24. The maximum Gasteiger partial charge on any atom is 0.167 e. The van der Waals surface area contributed by atoms with Crippen LogP contribution in [0.3, 0.4) is 0 Å². The summed E-state index contributed by atoms with van der Waals surface area (Å²) >= 11 is 2.10. The van der Waals surface area contributed by atoms with E-state index in [9.17, 15) is 9.59 Å². The van der Waals surface area contributed by atoms with E-state index in [0.29, 0.717) is 24.8 Å². The number of carbonyl (C=O) groups is 2. The van der Waals surface area contributed by atoms with Gasteiger partial charge in [-0.25, -0.2) is 0 Å². The molecule has 1 aromatic carbocycles. The zero-order chi connectivity index (χ0) is 11.5. The number of carbonyl (C=O) groups excluding carboxylic acids is 2. The van der Waals surface area contributed by atoms with Crippen molar-refractivity contribution in [2.24, 2.45) is 0 Å². The first-order valence-electron chi connectivity index (χ1n) is 5.22. The minimum absolute atomic E-state index is 0.00972. The Morgan fingerprint density at radius 3 is 2.12 bits per heavy atom. The molecule has 1 aromatic rings. The number of ketones is 2. The molecule has 2 rings (SSSR count). The summed E-state index contributed by atoms with van der Waals surface area (Å²) in [5.74, 6) is -0.0194. The number of allylic oxidation sites excluding steroid dienone is 1. The van der Waals surface area contributed by atoms with E-state index in [-0.39, 0.29) is 11.6 Å². The van der Waals surface area contributed by atoms with Gasteiger partial charge in [-0.15, -0.1) is 0 Å². The highest BCUT2D eigenvalue weighted by atomic mass is 127. The van der Waals surface area contributed by atoms with Gasteiger partial charge < -0.3 is 0 Å². The number of halogens is 1. The number of hydrogen-bond acceptors (Lipinski definition) is 2. The molecule has 0 unspecified atom stereocenters. The van der Waals surface area contributed by atoms with E-state index < -0.39 is 0 Å². The second kappa shape index (κ2) is 4.91. The van der Waals surface area contributed by atoms with Gasteiger partial charge in [0.15, 0.2) is 11.6 Å². The maximum absolute atomic E-state index is 11.7. The van der Waals surface area contributed by atoms with Gasteiger partial charge in [0, 0.05) is 16.4 Å². The van der Waals surface area contributed by atoms with Crippen LogP contribution in [0.4, 0.5) is 0 Å². The van der Waals surface area contributed by atoms with Crippen LogP contribution in [0.15, 0.2) is 35.9 Å². The third-order valence-electron chi connectivity index (χ3n) is 2.61. The molecule has 16 heavy (non-hydrogen) atoms. The summed E-state index contributed by atoms with van der Waals surface area (Å²) in [6.07, 6.45) is 1.70. The molecule has 2 nitrogen and oxygen atoms in total. The van der Waals surface area contributed by atoms with Crippen molar-refractivity contribution in [3.63, 3.8) is 0 Å². The SMILES string of the molecule is O=C1CCCC(=O)C1=C(I)c1ccccc1. The van der Waals surface area contributed by atoms with Crippen molar-refractivity contribution < 1.29 is 9.59 Å². The van der Waals surface area contributed by atoms with Crippen molar-refractivity contribution in [1.82, 2.24) is 0 Å². The van der Waals surface area contributed by atoms with Gasteiger partial charge in [0.25, 0.3) is 0 Å². The number of hydrogen-bond donors (Lipinski definition) is 0. The third-order valence-corrected chi connectivity index (χ3v) is 3.77. The summed E-state index contributed by atoms with van der Waals surface area (Å²) in [6.45, 7) is 0. The van der Waals surface area contributed by atoms with Crippen LogP contribution in [0.5, 0.6) is 0 Å². The molecule has 0 aliphatic heterocycles. The zero-order valence-corrected chi connectivity index (χ0v) is 10.9. The van der Waals surface area contributed by atoms with E-state index in [1.165, 1.54) is 0 Å². The number of Topliss-reactive ketones (excluding diaryl/α,β-unsaturated/α-hetero) is 2. The predicted octanol–water partition coefficient (Wildman–Crippen LogP) is 3.15. The highest BCUT2D eigenvalue weighted by molar-refractivity contribution is 14.1. The quantitative estimate of drug-likeness (QED) is 0.451. The first kappa shape index (κ1) is 11.5. The molecule has 1 aliphatic carbocycles. The minimum atomic E-state index is -0.00972. The Morgan fingerprint density at radius 1 is 1.00 bits per heavy atom. The lowest BCUT2D eigenvalue weighted by Gasteiger charge is -2.14. The van der Waals surface area contributed by atoms with Gasteiger partial charge >= 0.3 is 0 Å². The fourth-order valence-electron chi connectivity index (χ4n) is 1.79. The normalized spacial score (nSPS) is 16.4. The predicted molar refractivity (Wildman–Crippen MR) is 71.2 cm³/mol. The fourth-order valence-corrected chi connectivity index (χ4v) is 2.75. The van der Waals surface area contributed by atoms with Crippen LogP contribution < -0.4 is 0 Å². The van der Waals surface area contributed by atoms with Gasteiger partial charge in [0.05, 0.1) is 5.57 Å². The Labute approximate surface area is 108 Å². The summed E-state index contributed by atoms with van der Waals surface area (Å²) in [5, 5.41) is 0. The topological polar surface area (TPSA) is 34.1 Å². The van der Waals surface area contributed by atoms with Crippen molar-refractivity contribution in [1.29, 1.82) is 0 Å². The summed E-state index contributed by atoms with van der Waals surface area (Å²) in [6, 6.07) is 9.58. The van der Waals surface area contributed by atoms with Gasteiger partial charge in [-0.05, 0) is 34.6 Å². The largest absolute Gasteiger partial charge is 0.294 e. The molecule has 0 radical (unpaired) electrons. The van der Waals surface area contributed by atoms with Crippen molar-refractivity contribution in [3.05, 3.63) is 41.5 Å². The van der Waals surface area contributed by atoms with Crippen LogP contribution in [0.25, 0.3) is 3.58 Å². The molecule has 1 saturated carbocycles. The van der Waals surface area contributed by atoms with E-state index in [0.717, 1.165) is 9.14 Å². The average Bonchev–Trinajstić information content (AvgIpc) is 2.30. The number of rotatable bonds is 1. The molecule has 3 heteroatoms. The molecular weight excluding hydrogens is 315 g/mol. The van der Waals surface area contributed by atoms with Gasteiger partial charge in [-0.2, -0.15) is 0 Å². The highest BCUT2D eigenvalue weighted by Crippen LogP contribution is 2.30. The van der Waals surface area contributed by atoms with Crippen LogP contribution in [0.2, 0.25) is 0 Å². The summed E-state index contributed by atoms with van der Waals surface area (Å²) in [5.41, 5.74) is 1.35. The van der Waals surface area contributed by atoms with Crippen LogP contribution in [0.1, 0.15) is 24.8 Å². The van der Waals surface area contributed by atoms with Crippen molar-refractivity contribution in [2.75, 3.05) is 0 Å². The van der Waals surface area contributed by atoms with E-state index in [4.69, 9.17) is 0 Å². The molecule has 0 N–H and O–H groups in total. The lowest BCUT2D eigenvalue weighted by Crippen LogP contribution is -2.19. The smallest absolute Gasteiger partial charge is 0.167 e. The van der Waals surface area contributed by atoms with E-state index in [1.807, 2.05) is 30.3 Å². The van der Waals surface area contributed by atoms with Gasteiger partial charge in [-0.1, -0.05) is 30.3 Å². The molecule has 82 valence electrons. The molecule has 0 spiro atoms. The Bertz CT molecular complexity index is 442. The molecule has 0 amide bonds. The van der Waals surface area contributed by atoms with Crippen LogP contribution in [0, 0.1) is 0 Å². The van der Waals surface area contributed by atoms with E-state index in [1.54, 1.807) is 0 Å². The Kier molecular flexibility index (Phi) is 3.53. The minimum Gasteiger partial charge on any atom is -0.294 e. The molecule has 1 aliphatic rings. The Hall–Kier alpha value is -0.970. The van der Waals surface area contributed by atoms with Crippen LogP contribution >= 0.6 is 22.6 Å². The van der Waals surface area contributed by atoms with Crippen LogP contribution in [-0.2, 0) is 9.59 Å². The molecule has 0 heterocycles.